The lowest BCUT2D eigenvalue weighted by molar-refractivity contribution is 0.660. The van der Waals surface area contributed by atoms with Crippen LogP contribution < -0.4 is 4.90 Å². The number of benzene rings is 9. The van der Waals surface area contributed by atoms with Crippen LogP contribution in [0.3, 0.4) is 0 Å². The van der Waals surface area contributed by atoms with Crippen molar-refractivity contribution in [1.29, 1.82) is 0 Å². The molecule has 0 aliphatic heterocycles. The summed E-state index contributed by atoms with van der Waals surface area (Å²) in [6.45, 7) is 4.70. The summed E-state index contributed by atoms with van der Waals surface area (Å²) in [5.41, 5.74) is 18.6. The second-order valence-corrected chi connectivity index (χ2v) is 20.0. The SMILES string of the molecule is CC1(C)c2ccccc2-c2cc(N(c3ccc4c(c3)c3c(-c5cccc6oc7ccccc7c56)nc(-c5cccc6oc7ccccc7c56)nc3n4-c3ccccc3)C3CC=CC=C3c3ccccc3)ccc21. The monoisotopic (exact) mass is 938 g/mol. The smallest absolute Gasteiger partial charge is 0.162 e. The van der Waals surface area contributed by atoms with Gasteiger partial charge in [0, 0.05) is 60.5 Å². The molecule has 1 unspecified atom stereocenters. The van der Waals surface area contributed by atoms with Crippen molar-refractivity contribution in [3.63, 3.8) is 0 Å². The number of aromatic nitrogens is 3. The second kappa shape index (κ2) is 15.9. The molecule has 2 aliphatic rings. The molecule has 0 saturated carbocycles. The lowest BCUT2D eigenvalue weighted by Gasteiger charge is -2.37. The fourth-order valence-electron chi connectivity index (χ4n) is 12.3. The Hall–Kier alpha value is -9.26. The minimum Gasteiger partial charge on any atom is -0.456 e. The molecule has 0 amide bonds. The molecule has 4 heterocycles. The van der Waals surface area contributed by atoms with Crippen molar-refractivity contribution in [1.82, 2.24) is 14.5 Å². The maximum absolute atomic E-state index is 6.60. The van der Waals surface area contributed by atoms with Gasteiger partial charge >= 0.3 is 0 Å². The fourth-order valence-corrected chi connectivity index (χ4v) is 12.3. The number of hydrogen-bond donors (Lipinski definition) is 0. The number of rotatable bonds is 7. The van der Waals surface area contributed by atoms with Gasteiger partial charge in [0.25, 0.3) is 0 Å². The molecule has 1 atom stereocenters. The Bertz CT molecular complexity index is 4460. The van der Waals surface area contributed by atoms with E-state index in [2.05, 4.69) is 211 Å². The van der Waals surface area contributed by atoms with Gasteiger partial charge in [-0.1, -0.05) is 172 Å². The molecular formula is C67H46N4O2. The summed E-state index contributed by atoms with van der Waals surface area (Å²) < 4.78 is 15.4. The molecule has 73 heavy (non-hydrogen) atoms. The molecule has 9 aromatic carbocycles. The number of anilines is 2. The third kappa shape index (κ3) is 6.23. The maximum atomic E-state index is 6.60. The van der Waals surface area contributed by atoms with Gasteiger partial charge < -0.3 is 13.7 Å². The summed E-state index contributed by atoms with van der Waals surface area (Å²) in [4.78, 5) is 14.1. The lowest BCUT2D eigenvalue weighted by atomic mass is 9.82. The third-order valence-corrected chi connectivity index (χ3v) is 15.6. The van der Waals surface area contributed by atoms with Crippen LogP contribution in [0.5, 0.6) is 0 Å². The number of para-hydroxylation sites is 3. The zero-order valence-corrected chi connectivity index (χ0v) is 40.3. The Morgan fingerprint density at radius 2 is 1.11 bits per heavy atom. The van der Waals surface area contributed by atoms with Gasteiger partial charge in [0.2, 0.25) is 0 Å². The first-order chi connectivity index (χ1) is 36.0. The molecule has 13 aromatic rings. The van der Waals surface area contributed by atoms with Gasteiger partial charge in [-0.2, -0.15) is 0 Å². The summed E-state index contributed by atoms with van der Waals surface area (Å²) in [5, 5.41) is 6.06. The van der Waals surface area contributed by atoms with E-state index < -0.39 is 0 Å². The van der Waals surface area contributed by atoms with Crippen LogP contribution in [-0.2, 0) is 5.41 Å². The first-order valence-electron chi connectivity index (χ1n) is 25.2. The first kappa shape index (κ1) is 41.5. The van der Waals surface area contributed by atoms with Crippen LogP contribution in [0.25, 0.3) is 111 Å². The van der Waals surface area contributed by atoms with E-state index in [0.29, 0.717) is 5.82 Å². The lowest BCUT2D eigenvalue weighted by Crippen LogP contribution is -2.33. The quantitative estimate of drug-likeness (QED) is 0.159. The van der Waals surface area contributed by atoms with Crippen molar-refractivity contribution >= 4 is 82.8 Å². The summed E-state index contributed by atoms with van der Waals surface area (Å²) >= 11 is 0. The molecule has 0 fully saturated rings. The summed E-state index contributed by atoms with van der Waals surface area (Å²) in [7, 11) is 0. The zero-order chi connectivity index (χ0) is 48.4. The number of fused-ring (bicyclic) bond motifs is 12. The first-order valence-corrected chi connectivity index (χ1v) is 25.2. The summed E-state index contributed by atoms with van der Waals surface area (Å²) in [6.07, 6.45) is 7.65. The third-order valence-electron chi connectivity index (χ3n) is 15.6. The molecule has 6 nitrogen and oxygen atoms in total. The fraction of sp³-hybridized carbons (Fsp3) is 0.0746. The highest BCUT2D eigenvalue weighted by atomic mass is 16.3. The van der Waals surface area contributed by atoms with Crippen LogP contribution in [0.2, 0.25) is 0 Å². The van der Waals surface area contributed by atoms with Crippen LogP contribution >= 0.6 is 0 Å². The van der Waals surface area contributed by atoms with E-state index in [1.54, 1.807) is 0 Å². The molecule has 15 rings (SSSR count). The van der Waals surface area contributed by atoms with Crippen molar-refractivity contribution in [2.45, 2.75) is 31.7 Å². The van der Waals surface area contributed by atoms with E-state index in [9.17, 15) is 0 Å². The highest BCUT2D eigenvalue weighted by Gasteiger charge is 2.37. The van der Waals surface area contributed by atoms with E-state index in [4.69, 9.17) is 18.8 Å². The van der Waals surface area contributed by atoms with E-state index in [-0.39, 0.29) is 11.5 Å². The van der Waals surface area contributed by atoms with Crippen molar-refractivity contribution < 1.29 is 8.83 Å². The van der Waals surface area contributed by atoms with Gasteiger partial charge in [-0.05, 0) is 107 Å². The van der Waals surface area contributed by atoms with Crippen molar-refractivity contribution in [2.75, 3.05) is 4.90 Å². The Labute approximate surface area is 421 Å². The largest absolute Gasteiger partial charge is 0.456 e. The van der Waals surface area contributed by atoms with Gasteiger partial charge in [-0.15, -0.1) is 0 Å². The van der Waals surface area contributed by atoms with Gasteiger partial charge in [0.05, 0.1) is 22.6 Å². The number of allylic oxidation sites excluding steroid dienone is 2. The zero-order valence-electron chi connectivity index (χ0n) is 40.3. The van der Waals surface area contributed by atoms with E-state index in [1.165, 1.54) is 33.4 Å². The van der Waals surface area contributed by atoms with Crippen LogP contribution in [-0.4, -0.2) is 20.6 Å². The van der Waals surface area contributed by atoms with Gasteiger partial charge in [-0.3, -0.25) is 4.57 Å². The standard InChI is InChI=1S/C67H46N4O2/c1-67(2)53-29-13-9-24-46(53)51-39-43(35-37-54(51)67)70(55-30-14-10-23-45(55)41-19-5-3-6-20-41)44-36-38-56-52(40-44)63-64(49-27-17-33-59-61(49)47-25-11-15-31-57(47)72-59)68-65(69-66(63)71(56)42-21-7-4-8-22-42)50-28-18-34-60-62(50)48-26-12-16-32-58(48)73-60/h3-29,31-40,55H,30H2,1-2H3. The molecule has 2 aliphatic carbocycles. The Balaban J connectivity index is 1.05. The molecule has 0 N–H and O–H groups in total. The molecule has 6 heteroatoms. The predicted octanol–water partition coefficient (Wildman–Crippen LogP) is 17.6. The highest BCUT2D eigenvalue weighted by molar-refractivity contribution is 6.21. The number of nitrogens with zero attached hydrogens (tertiary/aromatic N) is 4. The number of furan rings is 2. The van der Waals surface area contributed by atoms with Crippen molar-refractivity contribution in [2.24, 2.45) is 0 Å². The Morgan fingerprint density at radius 3 is 1.88 bits per heavy atom. The van der Waals surface area contributed by atoms with Crippen LogP contribution in [0.1, 0.15) is 37.0 Å². The predicted molar refractivity (Wildman–Crippen MR) is 300 cm³/mol. The van der Waals surface area contributed by atoms with Gasteiger partial charge in [0.1, 0.15) is 28.0 Å². The van der Waals surface area contributed by atoms with Gasteiger partial charge in [0.15, 0.2) is 5.82 Å². The molecule has 0 saturated heterocycles. The molecule has 4 aromatic heterocycles. The molecular weight excluding hydrogens is 893 g/mol. The van der Waals surface area contributed by atoms with Crippen LogP contribution in [0.4, 0.5) is 11.4 Å². The highest BCUT2D eigenvalue weighted by Crippen LogP contribution is 2.52. The average Bonchev–Trinajstić information content (AvgIpc) is 4.19. The van der Waals surface area contributed by atoms with E-state index in [1.807, 2.05) is 36.4 Å². The molecule has 0 radical (unpaired) electrons. The Kier molecular flexibility index (Phi) is 9.03. The van der Waals surface area contributed by atoms with E-state index in [0.717, 1.165) is 106 Å². The minimum atomic E-state index is -0.120. The van der Waals surface area contributed by atoms with Crippen LogP contribution in [0, 0.1) is 0 Å². The Morgan fingerprint density at radius 1 is 0.507 bits per heavy atom. The molecule has 346 valence electrons. The molecule has 0 bridgehead atoms. The second-order valence-electron chi connectivity index (χ2n) is 20.0. The average molecular weight is 939 g/mol. The molecule has 0 spiro atoms. The number of hydrogen-bond acceptors (Lipinski definition) is 5. The van der Waals surface area contributed by atoms with Crippen molar-refractivity contribution in [3.8, 4) is 39.5 Å². The van der Waals surface area contributed by atoms with Crippen LogP contribution in [0.15, 0.2) is 233 Å². The van der Waals surface area contributed by atoms with Crippen molar-refractivity contribution in [3.05, 3.63) is 241 Å². The van der Waals surface area contributed by atoms with Gasteiger partial charge in [-0.25, -0.2) is 9.97 Å². The maximum Gasteiger partial charge on any atom is 0.162 e. The summed E-state index contributed by atoms with van der Waals surface area (Å²) in [6, 6.07) is 73.6. The topological polar surface area (TPSA) is 60.2 Å². The summed E-state index contributed by atoms with van der Waals surface area (Å²) in [5.74, 6) is 0.610. The van der Waals surface area contributed by atoms with E-state index >= 15 is 0 Å². The minimum absolute atomic E-state index is 0.0198. The normalized spacial score (nSPS) is 14.9.